The average Bonchev–Trinajstić information content (AvgIpc) is 2.28. The molecule has 2 unspecified atom stereocenters. The van der Waals surface area contributed by atoms with Crippen LogP contribution in [0.2, 0.25) is 0 Å². The molecule has 1 aromatic carbocycles. The fourth-order valence-corrected chi connectivity index (χ4v) is 3.48. The maximum Gasteiger partial charge on any atom is 0.125 e. The first-order valence-electron chi connectivity index (χ1n) is 6.65. The topological polar surface area (TPSA) is 29.5 Å². The van der Waals surface area contributed by atoms with Crippen molar-refractivity contribution in [1.29, 1.82) is 0 Å². The first-order valence-corrected chi connectivity index (χ1v) is 6.65. The van der Waals surface area contributed by atoms with Crippen molar-refractivity contribution in [2.45, 2.75) is 50.7 Å². The van der Waals surface area contributed by atoms with Gasteiger partial charge in [0.15, 0.2) is 0 Å². The van der Waals surface area contributed by atoms with Crippen molar-refractivity contribution in [3.8, 4) is 5.75 Å². The summed E-state index contributed by atoms with van der Waals surface area (Å²) >= 11 is 0. The van der Waals surface area contributed by atoms with E-state index in [2.05, 4.69) is 6.92 Å². The highest BCUT2D eigenvalue weighted by molar-refractivity contribution is 5.38. The highest BCUT2D eigenvalue weighted by Gasteiger charge is 2.42. The zero-order valence-electron chi connectivity index (χ0n) is 10.4. The number of rotatable bonds is 0. The largest absolute Gasteiger partial charge is 0.487 e. The molecular weight excluding hydrogens is 212 g/mol. The molecule has 17 heavy (non-hydrogen) atoms. The Morgan fingerprint density at radius 2 is 2.12 bits per heavy atom. The highest BCUT2D eigenvalue weighted by Crippen LogP contribution is 2.47. The van der Waals surface area contributed by atoms with E-state index in [1.807, 2.05) is 24.3 Å². The Hall–Kier alpha value is -1.02. The molecule has 2 heteroatoms. The highest BCUT2D eigenvalue weighted by atomic mass is 16.5. The fourth-order valence-electron chi connectivity index (χ4n) is 3.48. The second-order valence-corrected chi connectivity index (χ2v) is 5.74. The van der Waals surface area contributed by atoms with E-state index >= 15 is 0 Å². The standard InChI is InChI=1S/C15H20O2/c1-11-5-4-8-15(9-11)10-13(16)12-6-2-3-7-14(12)17-15/h2-3,6-7,11,13,16H,4-5,8-10H2,1H3/t11?,13-,15?/m1/s1. The number of benzene rings is 1. The molecule has 0 amide bonds. The van der Waals surface area contributed by atoms with Gasteiger partial charge in [0.1, 0.15) is 11.4 Å². The number of para-hydroxylation sites is 1. The van der Waals surface area contributed by atoms with Gasteiger partial charge >= 0.3 is 0 Å². The second kappa shape index (κ2) is 4.02. The first-order chi connectivity index (χ1) is 8.19. The van der Waals surface area contributed by atoms with Gasteiger partial charge in [-0.15, -0.1) is 0 Å². The van der Waals surface area contributed by atoms with Crippen LogP contribution >= 0.6 is 0 Å². The van der Waals surface area contributed by atoms with Gasteiger partial charge in [0.25, 0.3) is 0 Å². The predicted octanol–water partition coefficient (Wildman–Crippen LogP) is 3.45. The van der Waals surface area contributed by atoms with Crippen LogP contribution in [0.5, 0.6) is 5.75 Å². The Morgan fingerprint density at radius 3 is 2.94 bits per heavy atom. The van der Waals surface area contributed by atoms with Crippen molar-refractivity contribution < 1.29 is 9.84 Å². The molecule has 1 aliphatic heterocycles. The zero-order chi connectivity index (χ0) is 11.9. The number of ether oxygens (including phenoxy) is 1. The molecule has 2 nitrogen and oxygen atoms in total. The van der Waals surface area contributed by atoms with E-state index < -0.39 is 0 Å². The summed E-state index contributed by atoms with van der Waals surface area (Å²) in [6, 6.07) is 7.90. The van der Waals surface area contributed by atoms with E-state index in [1.165, 1.54) is 12.8 Å². The Bertz CT molecular complexity index is 415. The van der Waals surface area contributed by atoms with Gasteiger partial charge in [-0.3, -0.25) is 0 Å². The maximum atomic E-state index is 10.3. The molecule has 1 heterocycles. The molecule has 1 spiro atoms. The summed E-state index contributed by atoms with van der Waals surface area (Å²) in [5.41, 5.74) is 0.849. The van der Waals surface area contributed by atoms with Gasteiger partial charge < -0.3 is 9.84 Å². The van der Waals surface area contributed by atoms with Gasteiger partial charge in [-0.1, -0.05) is 31.5 Å². The lowest BCUT2D eigenvalue weighted by molar-refractivity contribution is -0.0495. The van der Waals surface area contributed by atoms with Crippen LogP contribution in [0.1, 0.15) is 50.7 Å². The Morgan fingerprint density at radius 1 is 1.29 bits per heavy atom. The minimum absolute atomic E-state index is 0.106. The van der Waals surface area contributed by atoms with Crippen LogP contribution in [0.3, 0.4) is 0 Å². The lowest BCUT2D eigenvalue weighted by atomic mass is 9.74. The van der Waals surface area contributed by atoms with E-state index in [9.17, 15) is 5.11 Å². The first kappa shape index (κ1) is 11.1. The third kappa shape index (κ3) is 1.95. The molecule has 2 aliphatic rings. The quantitative estimate of drug-likeness (QED) is 0.742. The Balaban J connectivity index is 1.92. The summed E-state index contributed by atoms with van der Waals surface area (Å²) in [5.74, 6) is 1.60. The number of fused-ring (bicyclic) bond motifs is 1. The van der Waals surface area contributed by atoms with Gasteiger partial charge in [0, 0.05) is 12.0 Å². The summed E-state index contributed by atoms with van der Waals surface area (Å²) in [4.78, 5) is 0. The number of aliphatic hydroxyl groups is 1. The van der Waals surface area contributed by atoms with Crippen LogP contribution in [-0.4, -0.2) is 10.7 Å². The lowest BCUT2D eigenvalue weighted by Gasteiger charge is -2.45. The molecule has 0 bridgehead atoms. The van der Waals surface area contributed by atoms with Crippen molar-refractivity contribution in [3.05, 3.63) is 29.8 Å². The Labute approximate surface area is 103 Å². The molecule has 1 aromatic rings. The van der Waals surface area contributed by atoms with Crippen LogP contribution in [0.4, 0.5) is 0 Å². The minimum atomic E-state index is -0.356. The number of hydrogen-bond acceptors (Lipinski definition) is 2. The molecular formula is C15H20O2. The average molecular weight is 232 g/mol. The van der Waals surface area contributed by atoms with Crippen LogP contribution in [0.25, 0.3) is 0 Å². The summed E-state index contributed by atoms with van der Waals surface area (Å²) in [6.45, 7) is 2.29. The van der Waals surface area contributed by atoms with Crippen molar-refractivity contribution in [2.24, 2.45) is 5.92 Å². The minimum Gasteiger partial charge on any atom is -0.487 e. The number of aliphatic hydroxyl groups excluding tert-OH is 1. The molecule has 1 aliphatic carbocycles. The van der Waals surface area contributed by atoms with Crippen LogP contribution in [0, 0.1) is 5.92 Å². The zero-order valence-corrected chi connectivity index (χ0v) is 10.4. The molecule has 3 atom stereocenters. The fraction of sp³-hybridized carbons (Fsp3) is 0.600. The van der Waals surface area contributed by atoms with Gasteiger partial charge in [-0.05, 0) is 31.2 Å². The molecule has 3 rings (SSSR count). The summed E-state index contributed by atoms with van der Waals surface area (Å²) in [5, 5.41) is 10.3. The second-order valence-electron chi connectivity index (χ2n) is 5.74. The van der Waals surface area contributed by atoms with E-state index in [4.69, 9.17) is 4.74 Å². The van der Waals surface area contributed by atoms with Crippen LogP contribution in [-0.2, 0) is 0 Å². The monoisotopic (exact) mass is 232 g/mol. The van der Waals surface area contributed by atoms with Gasteiger partial charge in [-0.2, -0.15) is 0 Å². The van der Waals surface area contributed by atoms with E-state index in [1.54, 1.807) is 0 Å². The SMILES string of the molecule is CC1CCCC2(C1)C[C@@H](O)c1ccccc1O2. The predicted molar refractivity (Wildman–Crippen MR) is 67.0 cm³/mol. The Kier molecular flexibility index (Phi) is 2.62. The summed E-state index contributed by atoms with van der Waals surface area (Å²) in [7, 11) is 0. The third-order valence-electron chi connectivity index (χ3n) is 4.22. The number of hydrogen-bond donors (Lipinski definition) is 1. The van der Waals surface area contributed by atoms with Crippen molar-refractivity contribution in [1.82, 2.24) is 0 Å². The van der Waals surface area contributed by atoms with Gasteiger partial charge in [0.2, 0.25) is 0 Å². The van der Waals surface area contributed by atoms with Crippen LogP contribution in [0.15, 0.2) is 24.3 Å². The van der Waals surface area contributed by atoms with Gasteiger partial charge in [0.05, 0.1) is 6.10 Å². The molecule has 0 saturated heterocycles. The summed E-state index contributed by atoms with van der Waals surface area (Å²) < 4.78 is 6.24. The normalized spacial score (nSPS) is 36.4. The molecule has 0 aromatic heterocycles. The van der Waals surface area contributed by atoms with Crippen molar-refractivity contribution in [2.75, 3.05) is 0 Å². The third-order valence-corrected chi connectivity index (χ3v) is 4.22. The van der Waals surface area contributed by atoms with Crippen molar-refractivity contribution in [3.63, 3.8) is 0 Å². The van der Waals surface area contributed by atoms with Crippen molar-refractivity contribution >= 4 is 0 Å². The van der Waals surface area contributed by atoms with E-state index in [-0.39, 0.29) is 11.7 Å². The lowest BCUT2D eigenvalue weighted by Crippen LogP contribution is -2.44. The van der Waals surface area contributed by atoms with E-state index in [0.717, 1.165) is 30.6 Å². The van der Waals surface area contributed by atoms with Gasteiger partial charge in [-0.25, -0.2) is 0 Å². The van der Waals surface area contributed by atoms with Crippen LogP contribution < -0.4 is 4.74 Å². The smallest absolute Gasteiger partial charge is 0.125 e. The molecule has 1 saturated carbocycles. The summed E-state index contributed by atoms with van der Waals surface area (Å²) in [6.07, 6.45) is 5.08. The molecule has 92 valence electrons. The molecule has 1 N–H and O–H groups in total. The molecule has 1 fully saturated rings. The maximum absolute atomic E-state index is 10.3. The van der Waals surface area contributed by atoms with E-state index in [0.29, 0.717) is 5.92 Å². The molecule has 0 radical (unpaired) electrons.